The van der Waals surface area contributed by atoms with Crippen molar-refractivity contribution in [1.82, 2.24) is 9.80 Å². The van der Waals surface area contributed by atoms with Crippen molar-refractivity contribution >= 4 is 51.2 Å². The van der Waals surface area contributed by atoms with Crippen molar-refractivity contribution in [2.45, 2.75) is 6.92 Å². The molecule has 1 aromatic carbocycles. The highest BCUT2D eigenvalue weighted by molar-refractivity contribution is 9.10. The lowest BCUT2D eigenvalue weighted by Gasteiger charge is -2.15. The number of hydrogen-bond donors (Lipinski definition) is 0. The molecule has 1 aliphatic heterocycles. The van der Waals surface area contributed by atoms with Crippen LogP contribution in [-0.4, -0.2) is 61.2 Å². The van der Waals surface area contributed by atoms with Crippen LogP contribution >= 0.6 is 28.1 Å². The molecule has 7 nitrogen and oxygen atoms in total. The maximum absolute atomic E-state index is 12.7. The number of thiocarbonyl (C=S) groups is 1. The summed E-state index contributed by atoms with van der Waals surface area (Å²) in [4.78, 5) is 27.0. The van der Waals surface area contributed by atoms with Crippen molar-refractivity contribution < 1.29 is 23.8 Å². The van der Waals surface area contributed by atoms with Crippen molar-refractivity contribution in [1.29, 1.82) is 0 Å². The van der Waals surface area contributed by atoms with E-state index in [0.717, 1.165) is 4.47 Å². The fraction of sp³-hybridized carbons (Fsp3) is 0.353. The first-order chi connectivity index (χ1) is 12.3. The Morgan fingerprint density at radius 1 is 1.31 bits per heavy atom. The Morgan fingerprint density at radius 3 is 2.58 bits per heavy atom. The molecular formula is C17H19BrN2O5S. The molecule has 0 N–H and O–H groups in total. The minimum Gasteiger partial charge on any atom is -0.493 e. The Kier molecular flexibility index (Phi) is 6.60. The zero-order valence-electron chi connectivity index (χ0n) is 14.9. The van der Waals surface area contributed by atoms with Gasteiger partial charge >= 0.3 is 5.97 Å². The van der Waals surface area contributed by atoms with Gasteiger partial charge in [-0.05, 0) is 42.9 Å². The first kappa shape index (κ1) is 20.2. The average molecular weight is 443 g/mol. The lowest BCUT2D eigenvalue weighted by molar-refractivity contribution is -0.143. The number of carbonyl (C=O) groups excluding carboxylic acids is 2. The van der Waals surface area contributed by atoms with Gasteiger partial charge in [0.1, 0.15) is 12.2 Å². The van der Waals surface area contributed by atoms with Gasteiger partial charge in [0.2, 0.25) is 0 Å². The van der Waals surface area contributed by atoms with Crippen molar-refractivity contribution in [2.75, 3.05) is 34.4 Å². The molecule has 9 heteroatoms. The van der Waals surface area contributed by atoms with Crippen LogP contribution < -0.4 is 9.47 Å². The van der Waals surface area contributed by atoms with E-state index in [1.54, 1.807) is 37.3 Å². The van der Waals surface area contributed by atoms with Crippen molar-refractivity contribution in [3.63, 3.8) is 0 Å². The van der Waals surface area contributed by atoms with E-state index in [1.165, 1.54) is 12.0 Å². The molecule has 0 aromatic heterocycles. The van der Waals surface area contributed by atoms with Crippen LogP contribution in [0.4, 0.5) is 0 Å². The van der Waals surface area contributed by atoms with E-state index in [1.807, 2.05) is 6.92 Å². The highest BCUT2D eigenvalue weighted by Gasteiger charge is 2.37. The summed E-state index contributed by atoms with van der Waals surface area (Å²) in [5, 5.41) is 0.237. The molecule has 0 unspecified atom stereocenters. The molecule has 1 saturated heterocycles. The molecule has 26 heavy (non-hydrogen) atoms. The molecule has 1 amide bonds. The smallest absolute Gasteiger partial charge is 0.325 e. The van der Waals surface area contributed by atoms with Crippen molar-refractivity contribution in [3.05, 3.63) is 27.9 Å². The molecule has 0 aliphatic carbocycles. The number of nitrogens with zero attached hydrogens (tertiary/aromatic N) is 2. The van der Waals surface area contributed by atoms with Crippen LogP contribution in [0.1, 0.15) is 12.5 Å². The van der Waals surface area contributed by atoms with Gasteiger partial charge in [0.15, 0.2) is 16.6 Å². The Hall–Kier alpha value is -2.13. The molecule has 1 aromatic rings. The Labute approximate surface area is 165 Å². The number of ether oxygens (including phenoxy) is 3. The number of amides is 1. The fourth-order valence-corrected chi connectivity index (χ4v) is 3.06. The highest BCUT2D eigenvalue weighted by Crippen LogP contribution is 2.35. The average Bonchev–Trinajstić information content (AvgIpc) is 2.82. The minimum absolute atomic E-state index is 0.232. The summed E-state index contributed by atoms with van der Waals surface area (Å²) in [5.41, 5.74) is 1.05. The van der Waals surface area contributed by atoms with E-state index in [0.29, 0.717) is 29.4 Å². The SMILES string of the molecule is CCOc1cc(/C=C2/C(=O)N(CC(=O)OC)C(=S)N2C)c(Br)cc1OC. The molecule has 1 fully saturated rings. The van der Waals surface area contributed by atoms with Gasteiger partial charge in [0.05, 0.1) is 20.8 Å². The Bertz CT molecular complexity index is 781. The molecule has 1 aliphatic rings. The summed E-state index contributed by atoms with van der Waals surface area (Å²) in [7, 11) is 4.49. The van der Waals surface area contributed by atoms with Gasteiger partial charge in [-0.15, -0.1) is 0 Å². The monoisotopic (exact) mass is 442 g/mol. The predicted molar refractivity (Wildman–Crippen MR) is 104 cm³/mol. The van der Waals surface area contributed by atoms with Gasteiger partial charge in [-0.1, -0.05) is 15.9 Å². The third-order valence-corrected chi connectivity index (χ3v) is 4.91. The normalized spacial score (nSPS) is 15.7. The molecule has 0 saturated carbocycles. The summed E-state index contributed by atoms with van der Waals surface area (Å²) in [6.07, 6.45) is 1.68. The minimum atomic E-state index is -0.542. The maximum atomic E-state index is 12.7. The maximum Gasteiger partial charge on any atom is 0.325 e. The Morgan fingerprint density at radius 2 is 2.00 bits per heavy atom. The second-order valence-corrected chi connectivity index (χ2v) is 6.52. The third-order valence-electron chi connectivity index (χ3n) is 3.73. The molecule has 0 radical (unpaired) electrons. The summed E-state index contributed by atoms with van der Waals surface area (Å²) in [6, 6.07) is 3.54. The quantitative estimate of drug-likeness (QED) is 0.380. The zero-order chi connectivity index (χ0) is 19.4. The highest BCUT2D eigenvalue weighted by atomic mass is 79.9. The molecule has 1 heterocycles. The number of benzene rings is 1. The van der Waals surface area contributed by atoms with Gasteiger partial charge in [-0.25, -0.2) is 0 Å². The molecular weight excluding hydrogens is 424 g/mol. The van der Waals surface area contributed by atoms with E-state index in [-0.39, 0.29) is 17.6 Å². The first-order valence-electron chi connectivity index (χ1n) is 7.72. The summed E-state index contributed by atoms with van der Waals surface area (Å²) < 4.78 is 16.2. The number of halogens is 1. The van der Waals surface area contributed by atoms with Crippen molar-refractivity contribution in [2.24, 2.45) is 0 Å². The van der Waals surface area contributed by atoms with Crippen LogP contribution in [0.15, 0.2) is 22.3 Å². The number of esters is 1. The number of rotatable bonds is 6. The van der Waals surface area contributed by atoms with Crippen LogP contribution in [0.5, 0.6) is 11.5 Å². The van der Waals surface area contributed by atoms with Crippen LogP contribution in [0, 0.1) is 0 Å². The van der Waals surface area contributed by atoms with Gasteiger partial charge in [0, 0.05) is 11.5 Å². The van der Waals surface area contributed by atoms with Gasteiger partial charge in [0.25, 0.3) is 5.91 Å². The number of hydrogen-bond acceptors (Lipinski definition) is 6. The van der Waals surface area contributed by atoms with Crippen LogP contribution in [0.3, 0.4) is 0 Å². The number of methoxy groups -OCH3 is 2. The second-order valence-electron chi connectivity index (χ2n) is 5.30. The van der Waals surface area contributed by atoms with E-state index in [4.69, 9.17) is 21.7 Å². The molecule has 0 bridgehead atoms. The van der Waals surface area contributed by atoms with Crippen LogP contribution in [-0.2, 0) is 14.3 Å². The van der Waals surface area contributed by atoms with E-state index >= 15 is 0 Å². The van der Waals surface area contributed by atoms with Gasteiger partial charge < -0.3 is 19.1 Å². The first-order valence-corrected chi connectivity index (χ1v) is 8.92. The number of carbonyl (C=O) groups is 2. The molecule has 0 spiro atoms. The largest absolute Gasteiger partial charge is 0.493 e. The van der Waals surface area contributed by atoms with E-state index < -0.39 is 5.97 Å². The van der Waals surface area contributed by atoms with Crippen LogP contribution in [0.2, 0.25) is 0 Å². The summed E-state index contributed by atoms with van der Waals surface area (Å²) in [6.45, 7) is 2.12. The molecule has 140 valence electrons. The number of likely N-dealkylation sites (N-methyl/N-ethyl adjacent to an activating group) is 1. The lowest BCUT2D eigenvalue weighted by Crippen LogP contribution is -2.36. The molecule has 2 rings (SSSR count). The molecule has 0 atom stereocenters. The van der Waals surface area contributed by atoms with Crippen molar-refractivity contribution in [3.8, 4) is 11.5 Å². The fourth-order valence-electron chi connectivity index (χ4n) is 2.38. The second kappa shape index (κ2) is 8.50. The predicted octanol–water partition coefficient (Wildman–Crippen LogP) is 2.43. The summed E-state index contributed by atoms with van der Waals surface area (Å²) >= 11 is 8.74. The van der Waals surface area contributed by atoms with E-state index in [9.17, 15) is 9.59 Å². The topological polar surface area (TPSA) is 68.3 Å². The summed E-state index contributed by atoms with van der Waals surface area (Å²) in [5.74, 6) is 0.227. The third kappa shape index (κ3) is 3.99. The zero-order valence-corrected chi connectivity index (χ0v) is 17.3. The lowest BCUT2D eigenvalue weighted by atomic mass is 10.1. The Balaban J connectivity index is 2.42. The van der Waals surface area contributed by atoms with E-state index in [2.05, 4.69) is 20.7 Å². The van der Waals surface area contributed by atoms with Crippen LogP contribution in [0.25, 0.3) is 6.08 Å². The van der Waals surface area contributed by atoms with Gasteiger partial charge in [-0.3, -0.25) is 14.5 Å². The standard InChI is InChI=1S/C17H19BrN2O5S/c1-5-25-14-7-10(11(18)8-13(14)23-3)6-12-16(22)20(9-15(21)24-4)17(26)19(12)2/h6-8H,5,9H2,1-4H3/b12-6-. The van der Waals surface area contributed by atoms with Gasteiger partial charge in [-0.2, -0.15) is 0 Å².